The van der Waals surface area contributed by atoms with Gasteiger partial charge in [0.1, 0.15) is 5.82 Å². The van der Waals surface area contributed by atoms with Crippen LogP contribution in [0, 0.1) is 5.82 Å². The highest BCUT2D eigenvalue weighted by Gasteiger charge is 2.21. The number of hydrogen-bond donors (Lipinski definition) is 2. The molecular weight excluding hydrogens is 297 g/mol. The highest BCUT2D eigenvalue weighted by molar-refractivity contribution is 9.10. The zero-order chi connectivity index (χ0) is 13.6. The van der Waals surface area contributed by atoms with E-state index in [9.17, 15) is 9.50 Å². The van der Waals surface area contributed by atoms with E-state index in [2.05, 4.69) is 28.2 Å². The minimum Gasteiger partial charge on any atom is -0.390 e. The minimum atomic E-state index is -0.822. The van der Waals surface area contributed by atoms with E-state index in [1.807, 2.05) is 0 Å². The molecule has 0 saturated carbocycles. The van der Waals surface area contributed by atoms with Crippen LogP contribution in [-0.2, 0) is 6.42 Å². The summed E-state index contributed by atoms with van der Waals surface area (Å²) in [6.07, 6.45) is 2.17. The highest BCUT2D eigenvalue weighted by atomic mass is 79.9. The first kappa shape index (κ1) is 15.6. The quantitative estimate of drug-likeness (QED) is 0.756. The number of halogens is 2. The van der Waals surface area contributed by atoms with Gasteiger partial charge in [-0.25, -0.2) is 4.39 Å². The van der Waals surface area contributed by atoms with Crippen LogP contribution in [0.1, 0.15) is 32.3 Å². The Bertz CT molecular complexity index is 382. The van der Waals surface area contributed by atoms with E-state index in [1.54, 1.807) is 13.0 Å². The third-order valence-electron chi connectivity index (χ3n) is 2.85. The maximum atomic E-state index is 13.2. The Labute approximate surface area is 117 Å². The fourth-order valence-corrected chi connectivity index (χ4v) is 2.22. The third kappa shape index (κ3) is 5.46. The molecule has 0 bridgehead atoms. The lowest BCUT2D eigenvalue weighted by Crippen LogP contribution is -2.32. The van der Waals surface area contributed by atoms with Gasteiger partial charge in [0.25, 0.3) is 0 Å². The molecule has 0 aliphatic carbocycles. The summed E-state index contributed by atoms with van der Waals surface area (Å²) in [5.74, 6) is -0.270. The van der Waals surface area contributed by atoms with Gasteiger partial charge in [-0.05, 0) is 56.6 Å². The zero-order valence-electron chi connectivity index (χ0n) is 11.0. The molecule has 0 fully saturated rings. The lowest BCUT2D eigenvalue weighted by Gasteiger charge is -2.24. The van der Waals surface area contributed by atoms with E-state index in [1.165, 1.54) is 12.1 Å². The van der Waals surface area contributed by atoms with Crippen molar-refractivity contribution >= 4 is 15.9 Å². The predicted molar refractivity (Wildman–Crippen MR) is 76.2 cm³/mol. The molecule has 0 aliphatic heterocycles. The second-order valence-corrected chi connectivity index (χ2v) is 5.76. The molecular formula is C14H21BrFNO. The molecule has 2 nitrogen and oxygen atoms in total. The normalized spacial score (nSPS) is 14.5. The van der Waals surface area contributed by atoms with Crippen molar-refractivity contribution in [1.82, 2.24) is 5.32 Å². The summed E-state index contributed by atoms with van der Waals surface area (Å²) < 4.78 is 14.0. The Morgan fingerprint density at radius 1 is 1.39 bits per heavy atom. The van der Waals surface area contributed by atoms with Crippen LogP contribution in [0.4, 0.5) is 4.39 Å². The van der Waals surface area contributed by atoms with Crippen molar-refractivity contribution in [2.75, 3.05) is 13.1 Å². The SMILES string of the molecule is CCCNCCC(C)(O)Cc1cc(F)ccc1Br. The molecule has 0 heterocycles. The molecule has 0 aliphatic rings. The van der Waals surface area contributed by atoms with E-state index in [0.29, 0.717) is 12.8 Å². The fraction of sp³-hybridized carbons (Fsp3) is 0.571. The van der Waals surface area contributed by atoms with Gasteiger partial charge in [-0.1, -0.05) is 22.9 Å². The average molecular weight is 318 g/mol. The van der Waals surface area contributed by atoms with E-state index in [-0.39, 0.29) is 5.82 Å². The van der Waals surface area contributed by atoms with Crippen molar-refractivity contribution in [3.05, 3.63) is 34.1 Å². The Balaban J connectivity index is 2.55. The van der Waals surface area contributed by atoms with Gasteiger partial charge < -0.3 is 10.4 Å². The van der Waals surface area contributed by atoms with Gasteiger partial charge in [-0.2, -0.15) is 0 Å². The summed E-state index contributed by atoms with van der Waals surface area (Å²) in [5, 5.41) is 13.6. The van der Waals surface area contributed by atoms with Crippen molar-refractivity contribution in [2.24, 2.45) is 0 Å². The van der Waals surface area contributed by atoms with Gasteiger partial charge in [-0.15, -0.1) is 0 Å². The molecule has 0 saturated heterocycles. The minimum absolute atomic E-state index is 0.270. The first-order chi connectivity index (χ1) is 8.44. The molecule has 102 valence electrons. The van der Waals surface area contributed by atoms with Crippen molar-refractivity contribution in [1.29, 1.82) is 0 Å². The molecule has 0 amide bonds. The monoisotopic (exact) mass is 317 g/mol. The summed E-state index contributed by atoms with van der Waals surface area (Å²) in [5.41, 5.74) is -0.0210. The standard InChI is InChI=1S/C14H21BrFNO/c1-3-7-17-8-6-14(2,18)10-11-9-12(16)4-5-13(11)15/h4-5,9,17-18H,3,6-8,10H2,1-2H3. The molecule has 0 radical (unpaired) electrons. The van der Waals surface area contributed by atoms with Gasteiger partial charge in [-0.3, -0.25) is 0 Å². The fourth-order valence-electron chi connectivity index (χ4n) is 1.84. The summed E-state index contributed by atoms with van der Waals surface area (Å²) in [7, 11) is 0. The van der Waals surface area contributed by atoms with Gasteiger partial charge in [0.15, 0.2) is 0 Å². The molecule has 1 unspecified atom stereocenters. The predicted octanol–water partition coefficient (Wildman–Crippen LogP) is 3.27. The molecule has 2 N–H and O–H groups in total. The number of hydrogen-bond acceptors (Lipinski definition) is 2. The lowest BCUT2D eigenvalue weighted by molar-refractivity contribution is 0.0514. The third-order valence-corrected chi connectivity index (χ3v) is 3.62. The Morgan fingerprint density at radius 2 is 2.11 bits per heavy atom. The lowest BCUT2D eigenvalue weighted by atomic mass is 9.93. The summed E-state index contributed by atoms with van der Waals surface area (Å²) in [6, 6.07) is 4.55. The zero-order valence-corrected chi connectivity index (χ0v) is 12.6. The second-order valence-electron chi connectivity index (χ2n) is 4.91. The van der Waals surface area contributed by atoms with Gasteiger partial charge in [0.05, 0.1) is 5.60 Å². The van der Waals surface area contributed by atoms with Crippen LogP contribution in [0.15, 0.2) is 22.7 Å². The van der Waals surface area contributed by atoms with Crippen LogP contribution in [0.3, 0.4) is 0 Å². The van der Waals surface area contributed by atoms with Crippen molar-refractivity contribution in [2.45, 2.75) is 38.7 Å². The second kappa shape index (κ2) is 7.22. The Kier molecular flexibility index (Phi) is 6.26. The van der Waals surface area contributed by atoms with Crippen LogP contribution in [0.2, 0.25) is 0 Å². The van der Waals surface area contributed by atoms with E-state index in [4.69, 9.17) is 0 Å². The van der Waals surface area contributed by atoms with Crippen LogP contribution in [0.5, 0.6) is 0 Å². The largest absolute Gasteiger partial charge is 0.390 e. The number of rotatable bonds is 7. The van der Waals surface area contributed by atoms with Crippen molar-refractivity contribution < 1.29 is 9.50 Å². The van der Waals surface area contributed by atoms with Crippen LogP contribution in [-0.4, -0.2) is 23.8 Å². The van der Waals surface area contributed by atoms with E-state index in [0.717, 1.165) is 29.5 Å². The molecule has 18 heavy (non-hydrogen) atoms. The van der Waals surface area contributed by atoms with Crippen LogP contribution >= 0.6 is 15.9 Å². The molecule has 1 atom stereocenters. The van der Waals surface area contributed by atoms with Gasteiger partial charge in [0, 0.05) is 10.9 Å². The average Bonchev–Trinajstić information content (AvgIpc) is 2.29. The van der Waals surface area contributed by atoms with Gasteiger partial charge >= 0.3 is 0 Å². The van der Waals surface area contributed by atoms with E-state index < -0.39 is 5.60 Å². The van der Waals surface area contributed by atoms with Crippen LogP contribution in [0.25, 0.3) is 0 Å². The topological polar surface area (TPSA) is 32.3 Å². The summed E-state index contributed by atoms with van der Waals surface area (Å²) in [4.78, 5) is 0. The first-order valence-corrected chi connectivity index (χ1v) is 7.11. The van der Waals surface area contributed by atoms with Gasteiger partial charge in [0.2, 0.25) is 0 Å². The van der Waals surface area contributed by atoms with Crippen molar-refractivity contribution in [3.63, 3.8) is 0 Å². The van der Waals surface area contributed by atoms with E-state index >= 15 is 0 Å². The molecule has 1 aromatic carbocycles. The number of nitrogens with one attached hydrogen (secondary N) is 1. The highest BCUT2D eigenvalue weighted by Crippen LogP contribution is 2.24. The molecule has 1 aromatic rings. The smallest absolute Gasteiger partial charge is 0.123 e. The molecule has 0 aromatic heterocycles. The summed E-state index contributed by atoms with van der Waals surface area (Å²) >= 11 is 3.38. The van der Waals surface area contributed by atoms with Crippen molar-refractivity contribution in [3.8, 4) is 0 Å². The Hall–Kier alpha value is -0.450. The van der Waals surface area contributed by atoms with Crippen LogP contribution < -0.4 is 5.32 Å². The Morgan fingerprint density at radius 3 is 2.78 bits per heavy atom. The number of benzene rings is 1. The molecule has 0 spiro atoms. The first-order valence-electron chi connectivity index (χ1n) is 6.31. The summed E-state index contributed by atoms with van der Waals surface area (Å²) in [6.45, 7) is 5.63. The maximum absolute atomic E-state index is 13.2. The molecule has 4 heteroatoms. The maximum Gasteiger partial charge on any atom is 0.123 e. The number of aliphatic hydroxyl groups is 1. The molecule has 1 rings (SSSR count).